The molecule has 0 saturated carbocycles. The number of thioether (sulfide) groups is 1. The first-order valence-corrected chi connectivity index (χ1v) is 11.5. The van der Waals surface area contributed by atoms with Crippen LogP contribution in [0.3, 0.4) is 0 Å². The van der Waals surface area contributed by atoms with Gasteiger partial charge in [0.05, 0.1) is 28.1 Å². The molecule has 0 aliphatic carbocycles. The standard InChI is InChI=1S/C16H22N4O4S2/c1-10-7-13(20(18-10)11-4-6-26(23,24)9-11)17-15(22)12-8-25-16(2)5-3-14(21)19(12)16/h7,11-12H,3-6,8-9H2,1-2H3,(H,17,22). The number of carbonyl (C=O) groups is 2. The Kier molecular flexibility index (Phi) is 4.11. The van der Waals surface area contributed by atoms with Gasteiger partial charge in [0, 0.05) is 18.2 Å². The number of anilines is 1. The van der Waals surface area contributed by atoms with Gasteiger partial charge in [-0.2, -0.15) is 5.10 Å². The van der Waals surface area contributed by atoms with Gasteiger partial charge in [0.1, 0.15) is 11.9 Å². The Morgan fingerprint density at radius 1 is 1.46 bits per heavy atom. The molecule has 1 N–H and O–H groups in total. The van der Waals surface area contributed by atoms with E-state index < -0.39 is 15.9 Å². The van der Waals surface area contributed by atoms with E-state index in [9.17, 15) is 18.0 Å². The van der Waals surface area contributed by atoms with Crippen LogP contribution in [0.4, 0.5) is 5.82 Å². The first-order chi connectivity index (χ1) is 12.2. The van der Waals surface area contributed by atoms with E-state index in [1.165, 1.54) is 0 Å². The van der Waals surface area contributed by atoms with Crippen molar-refractivity contribution in [3.63, 3.8) is 0 Å². The predicted molar refractivity (Wildman–Crippen MR) is 98.6 cm³/mol. The molecule has 3 saturated heterocycles. The highest BCUT2D eigenvalue weighted by Crippen LogP contribution is 2.47. The Morgan fingerprint density at radius 2 is 2.23 bits per heavy atom. The average molecular weight is 399 g/mol. The normalized spacial score (nSPS) is 32.8. The molecule has 3 aliphatic heterocycles. The molecule has 4 heterocycles. The van der Waals surface area contributed by atoms with Crippen LogP contribution in [0.1, 0.15) is 37.9 Å². The lowest BCUT2D eigenvalue weighted by Gasteiger charge is -2.29. The highest BCUT2D eigenvalue weighted by molar-refractivity contribution is 8.01. The molecule has 3 aliphatic rings. The summed E-state index contributed by atoms with van der Waals surface area (Å²) in [6.07, 6.45) is 1.73. The van der Waals surface area contributed by atoms with Crippen molar-refractivity contribution in [1.82, 2.24) is 14.7 Å². The molecule has 3 unspecified atom stereocenters. The van der Waals surface area contributed by atoms with Crippen molar-refractivity contribution in [3.05, 3.63) is 11.8 Å². The fourth-order valence-electron chi connectivity index (χ4n) is 4.08. The quantitative estimate of drug-likeness (QED) is 0.813. The lowest BCUT2D eigenvalue weighted by molar-refractivity contribution is -0.135. The number of amides is 2. The van der Waals surface area contributed by atoms with Crippen molar-refractivity contribution in [1.29, 1.82) is 0 Å². The molecule has 3 fully saturated rings. The minimum Gasteiger partial charge on any atom is -0.315 e. The Bertz CT molecular complexity index is 881. The smallest absolute Gasteiger partial charge is 0.249 e. The maximum absolute atomic E-state index is 12.9. The van der Waals surface area contributed by atoms with Crippen LogP contribution in [0, 0.1) is 6.92 Å². The third-order valence-corrected chi connectivity index (χ3v) is 8.67. The van der Waals surface area contributed by atoms with Gasteiger partial charge >= 0.3 is 0 Å². The van der Waals surface area contributed by atoms with Crippen molar-refractivity contribution < 1.29 is 18.0 Å². The monoisotopic (exact) mass is 398 g/mol. The largest absolute Gasteiger partial charge is 0.315 e. The van der Waals surface area contributed by atoms with Crippen molar-refractivity contribution in [2.45, 2.75) is 50.1 Å². The van der Waals surface area contributed by atoms with Gasteiger partial charge in [-0.15, -0.1) is 11.8 Å². The highest BCUT2D eigenvalue weighted by Gasteiger charge is 2.53. The van der Waals surface area contributed by atoms with Crippen LogP contribution in [-0.2, 0) is 19.4 Å². The van der Waals surface area contributed by atoms with Gasteiger partial charge in [-0.25, -0.2) is 13.1 Å². The van der Waals surface area contributed by atoms with Crippen molar-refractivity contribution in [2.24, 2.45) is 0 Å². The maximum atomic E-state index is 12.9. The van der Waals surface area contributed by atoms with Crippen LogP contribution in [0.15, 0.2) is 6.07 Å². The number of fused-ring (bicyclic) bond motifs is 1. The third-order valence-electron chi connectivity index (χ3n) is 5.41. The molecule has 0 radical (unpaired) electrons. The van der Waals surface area contributed by atoms with Crippen LogP contribution < -0.4 is 5.32 Å². The Labute approximate surface area is 156 Å². The zero-order chi connectivity index (χ0) is 18.7. The summed E-state index contributed by atoms with van der Waals surface area (Å²) < 4.78 is 25.2. The molecule has 26 heavy (non-hydrogen) atoms. The second-order valence-electron chi connectivity index (χ2n) is 7.43. The van der Waals surface area contributed by atoms with Gasteiger partial charge in [0.2, 0.25) is 11.8 Å². The fourth-order valence-corrected chi connectivity index (χ4v) is 7.20. The molecule has 1 aromatic rings. The molecule has 2 amide bonds. The first kappa shape index (κ1) is 17.8. The summed E-state index contributed by atoms with van der Waals surface area (Å²) in [4.78, 5) is 26.5. The molecule has 0 spiro atoms. The number of hydrogen-bond acceptors (Lipinski definition) is 6. The zero-order valence-corrected chi connectivity index (χ0v) is 16.4. The number of nitrogens with zero attached hydrogens (tertiary/aromatic N) is 3. The molecule has 8 nitrogen and oxygen atoms in total. The summed E-state index contributed by atoms with van der Waals surface area (Å²) in [7, 11) is -3.05. The van der Waals surface area contributed by atoms with E-state index >= 15 is 0 Å². The van der Waals surface area contributed by atoms with Gasteiger partial charge in [0.15, 0.2) is 9.84 Å². The summed E-state index contributed by atoms with van der Waals surface area (Å²) in [5.74, 6) is 1.03. The second kappa shape index (κ2) is 5.98. The van der Waals surface area contributed by atoms with E-state index in [1.807, 2.05) is 13.8 Å². The molecule has 0 bridgehead atoms. The molecule has 142 valence electrons. The molecule has 10 heteroatoms. The van der Waals surface area contributed by atoms with Crippen molar-refractivity contribution >= 4 is 39.2 Å². The van der Waals surface area contributed by atoms with Gasteiger partial charge < -0.3 is 10.2 Å². The van der Waals surface area contributed by atoms with Crippen LogP contribution >= 0.6 is 11.8 Å². The first-order valence-electron chi connectivity index (χ1n) is 8.72. The summed E-state index contributed by atoms with van der Waals surface area (Å²) in [5.41, 5.74) is 0.715. The number of carbonyl (C=O) groups excluding carboxylic acids is 2. The molecule has 4 rings (SSSR count). The highest BCUT2D eigenvalue weighted by atomic mass is 32.2. The van der Waals surface area contributed by atoms with E-state index in [0.29, 0.717) is 30.1 Å². The fraction of sp³-hybridized carbons (Fsp3) is 0.688. The molecule has 1 aromatic heterocycles. The Hall–Kier alpha value is -1.55. The Balaban J connectivity index is 1.55. The number of aromatic nitrogens is 2. The molecule has 0 aromatic carbocycles. The lowest BCUT2D eigenvalue weighted by atomic mass is 10.2. The third kappa shape index (κ3) is 2.92. The topological polar surface area (TPSA) is 101 Å². The summed E-state index contributed by atoms with van der Waals surface area (Å²) >= 11 is 1.64. The van der Waals surface area contributed by atoms with Gasteiger partial charge in [-0.1, -0.05) is 0 Å². The Morgan fingerprint density at radius 3 is 2.92 bits per heavy atom. The molecular weight excluding hydrogens is 376 g/mol. The van der Waals surface area contributed by atoms with Crippen molar-refractivity contribution in [2.75, 3.05) is 22.6 Å². The van der Waals surface area contributed by atoms with E-state index in [0.717, 1.165) is 6.42 Å². The number of rotatable bonds is 3. The zero-order valence-electron chi connectivity index (χ0n) is 14.8. The summed E-state index contributed by atoms with van der Waals surface area (Å²) in [6, 6.07) is 0.979. The van der Waals surface area contributed by atoms with Crippen LogP contribution in [0.5, 0.6) is 0 Å². The lowest BCUT2D eigenvalue weighted by Crippen LogP contribution is -2.48. The summed E-state index contributed by atoms with van der Waals surface area (Å²) in [6.45, 7) is 3.82. The van der Waals surface area contributed by atoms with E-state index in [-0.39, 0.29) is 34.2 Å². The number of sulfone groups is 1. The van der Waals surface area contributed by atoms with Crippen LogP contribution in [0.2, 0.25) is 0 Å². The molecule has 3 atom stereocenters. The minimum atomic E-state index is -3.05. The average Bonchev–Trinajstić information content (AvgIpc) is 3.25. The van der Waals surface area contributed by atoms with Crippen molar-refractivity contribution in [3.8, 4) is 0 Å². The number of aryl methyl sites for hydroxylation is 1. The predicted octanol–water partition coefficient (Wildman–Crippen LogP) is 0.944. The van der Waals surface area contributed by atoms with Crippen LogP contribution in [0.25, 0.3) is 0 Å². The molecular formula is C16H22N4O4S2. The number of hydrogen-bond donors (Lipinski definition) is 1. The number of nitrogens with one attached hydrogen (secondary N) is 1. The second-order valence-corrected chi connectivity index (χ2v) is 11.2. The van der Waals surface area contributed by atoms with E-state index in [1.54, 1.807) is 27.4 Å². The van der Waals surface area contributed by atoms with Gasteiger partial charge in [-0.05, 0) is 26.7 Å². The minimum absolute atomic E-state index is 0.0178. The van der Waals surface area contributed by atoms with E-state index in [2.05, 4.69) is 10.4 Å². The maximum Gasteiger partial charge on any atom is 0.249 e. The summed E-state index contributed by atoms with van der Waals surface area (Å²) in [5, 5.41) is 7.27. The van der Waals surface area contributed by atoms with Gasteiger partial charge in [0.25, 0.3) is 0 Å². The van der Waals surface area contributed by atoms with Crippen LogP contribution in [-0.4, -0.2) is 63.1 Å². The SMILES string of the molecule is Cc1cc(NC(=O)C2CSC3(C)CCC(=O)N23)n(C2CCS(=O)(=O)C2)n1. The van der Waals surface area contributed by atoms with E-state index in [4.69, 9.17) is 0 Å². The van der Waals surface area contributed by atoms with Gasteiger partial charge in [-0.3, -0.25) is 9.59 Å².